The van der Waals surface area contributed by atoms with Crippen molar-refractivity contribution >= 4 is 44.6 Å². The number of aliphatic hydroxyl groups excluding tert-OH is 1. The molecule has 0 fully saturated rings. The summed E-state index contributed by atoms with van der Waals surface area (Å²) >= 11 is 1.52. The minimum absolute atomic E-state index is 0.0322. The molecule has 0 aromatic heterocycles. The molecule has 0 aliphatic carbocycles. The highest BCUT2D eigenvalue weighted by Crippen LogP contribution is 2.24. The molecule has 0 heterocycles. The number of nitrogens with one attached hydrogen (secondary N) is 1. The van der Waals surface area contributed by atoms with Gasteiger partial charge in [0.15, 0.2) is 6.10 Å². The van der Waals surface area contributed by atoms with Crippen molar-refractivity contribution in [3.05, 3.63) is 89.7 Å². The molecule has 3 rings (SSSR count). The van der Waals surface area contributed by atoms with E-state index >= 15 is 0 Å². The number of carbonyl (C=O) groups is 2. The van der Waals surface area contributed by atoms with Crippen LogP contribution in [0.2, 0.25) is 0 Å². The number of amides is 1. The fourth-order valence-electron chi connectivity index (χ4n) is 4.33. The highest BCUT2D eigenvalue weighted by atomic mass is 32.2. The Labute approximate surface area is 253 Å². The summed E-state index contributed by atoms with van der Waals surface area (Å²) in [6, 6.07) is 21.5. The SMILES string of the molecule is CCN(CC(O)C(Cc1ccccc1)NC(=O)C(CN(C)c1ccc(F)c(P)c1)OC=O)Sc1ccc(COC)cc1. The smallest absolute Gasteiger partial charge is 0.293 e. The van der Waals surface area contributed by atoms with Crippen molar-refractivity contribution in [3.63, 3.8) is 0 Å². The number of halogens is 1. The van der Waals surface area contributed by atoms with Gasteiger partial charge in [0.25, 0.3) is 12.4 Å². The summed E-state index contributed by atoms with van der Waals surface area (Å²) in [6.45, 7) is 3.75. The van der Waals surface area contributed by atoms with E-state index in [4.69, 9.17) is 9.47 Å². The van der Waals surface area contributed by atoms with Crippen molar-refractivity contribution < 1.29 is 28.6 Å². The molecule has 0 spiro atoms. The molecule has 8 nitrogen and oxygen atoms in total. The quantitative estimate of drug-likeness (QED) is 0.135. The van der Waals surface area contributed by atoms with Crippen LogP contribution < -0.4 is 15.5 Å². The topological polar surface area (TPSA) is 91.3 Å². The molecule has 4 atom stereocenters. The molecule has 0 aliphatic rings. The van der Waals surface area contributed by atoms with Gasteiger partial charge in [0.05, 0.1) is 25.3 Å². The average Bonchev–Trinajstić information content (AvgIpc) is 2.99. The first-order chi connectivity index (χ1) is 20.2. The Morgan fingerprint density at radius 1 is 1.10 bits per heavy atom. The minimum atomic E-state index is -1.15. The van der Waals surface area contributed by atoms with Gasteiger partial charge in [0.2, 0.25) is 0 Å². The summed E-state index contributed by atoms with van der Waals surface area (Å²) in [5.41, 5.74) is 2.66. The molecule has 0 aliphatic heterocycles. The summed E-state index contributed by atoms with van der Waals surface area (Å²) in [4.78, 5) is 27.5. The number of nitrogens with zero attached hydrogens (tertiary/aromatic N) is 2. The molecule has 0 saturated heterocycles. The van der Waals surface area contributed by atoms with E-state index < -0.39 is 24.2 Å². The number of anilines is 1. The molecule has 1 amide bonds. The largest absolute Gasteiger partial charge is 0.453 e. The van der Waals surface area contributed by atoms with Crippen LogP contribution in [0, 0.1) is 5.82 Å². The summed E-state index contributed by atoms with van der Waals surface area (Å²) < 4.78 is 26.1. The molecule has 0 bridgehead atoms. The van der Waals surface area contributed by atoms with Crippen molar-refractivity contribution in [2.75, 3.05) is 38.7 Å². The number of ether oxygens (including phenoxy) is 2. The van der Waals surface area contributed by atoms with Crippen LogP contribution >= 0.6 is 21.2 Å². The lowest BCUT2D eigenvalue weighted by atomic mass is 10.0. The fraction of sp³-hybridized carbons (Fsp3) is 0.355. The van der Waals surface area contributed by atoms with E-state index in [1.807, 2.05) is 65.8 Å². The predicted octanol–water partition coefficient (Wildman–Crippen LogP) is 3.57. The van der Waals surface area contributed by atoms with Crippen molar-refractivity contribution in [2.24, 2.45) is 0 Å². The second-order valence-electron chi connectivity index (χ2n) is 9.83. The molecule has 42 heavy (non-hydrogen) atoms. The zero-order chi connectivity index (χ0) is 30.5. The molecule has 0 saturated carbocycles. The van der Waals surface area contributed by atoms with E-state index in [1.165, 1.54) is 18.0 Å². The zero-order valence-electron chi connectivity index (χ0n) is 24.1. The van der Waals surface area contributed by atoms with E-state index in [-0.39, 0.29) is 25.4 Å². The number of hydrogen-bond donors (Lipinski definition) is 2. The number of aliphatic hydroxyl groups is 1. The Morgan fingerprint density at radius 2 is 1.81 bits per heavy atom. The van der Waals surface area contributed by atoms with Crippen LogP contribution in [-0.4, -0.2) is 73.8 Å². The molecule has 0 radical (unpaired) electrons. The van der Waals surface area contributed by atoms with Gasteiger partial charge in [-0.3, -0.25) is 9.59 Å². The van der Waals surface area contributed by atoms with Crippen LogP contribution in [0.15, 0.2) is 77.7 Å². The van der Waals surface area contributed by atoms with Crippen molar-refractivity contribution in [3.8, 4) is 0 Å². The third kappa shape index (κ3) is 10.4. The normalized spacial score (nSPS) is 13.3. The number of benzene rings is 3. The fourth-order valence-corrected chi connectivity index (χ4v) is 5.51. The molecular weight excluding hydrogens is 576 g/mol. The van der Waals surface area contributed by atoms with E-state index in [9.17, 15) is 19.1 Å². The lowest BCUT2D eigenvalue weighted by Crippen LogP contribution is -2.53. The number of likely N-dealkylation sites (N-methyl/N-ethyl adjacent to an activating group) is 2. The van der Waals surface area contributed by atoms with Gasteiger partial charge in [-0.15, -0.1) is 9.24 Å². The monoisotopic (exact) mass is 615 g/mol. The molecule has 11 heteroatoms. The summed E-state index contributed by atoms with van der Waals surface area (Å²) in [5, 5.41) is 14.7. The van der Waals surface area contributed by atoms with Gasteiger partial charge in [-0.05, 0) is 59.8 Å². The Bertz CT molecular complexity index is 1270. The second kappa shape index (κ2) is 17.2. The van der Waals surface area contributed by atoms with Gasteiger partial charge in [-0.2, -0.15) is 0 Å². The predicted molar refractivity (Wildman–Crippen MR) is 168 cm³/mol. The van der Waals surface area contributed by atoms with Crippen LogP contribution in [0.25, 0.3) is 0 Å². The van der Waals surface area contributed by atoms with Gasteiger partial charge in [0.1, 0.15) is 5.82 Å². The van der Waals surface area contributed by atoms with Crippen molar-refractivity contribution in [1.82, 2.24) is 9.62 Å². The lowest BCUT2D eigenvalue weighted by Gasteiger charge is -2.31. The molecule has 4 unspecified atom stereocenters. The van der Waals surface area contributed by atoms with Crippen molar-refractivity contribution in [1.29, 1.82) is 0 Å². The molecular formula is C31H39FN3O5PS. The van der Waals surface area contributed by atoms with Gasteiger partial charge in [0, 0.05) is 43.1 Å². The molecule has 226 valence electrons. The van der Waals surface area contributed by atoms with E-state index in [0.717, 1.165) is 16.0 Å². The third-order valence-electron chi connectivity index (χ3n) is 6.68. The summed E-state index contributed by atoms with van der Waals surface area (Å²) in [5.74, 6) is -0.901. The maximum absolute atomic E-state index is 13.7. The van der Waals surface area contributed by atoms with Crippen LogP contribution in [0.3, 0.4) is 0 Å². The van der Waals surface area contributed by atoms with Crippen LogP contribution in [-0.2, 0) is 32.1 Å². The van der Waals surface area contributed by atoms with Gasteiger partial charge in [-0.1, -0.05) is 49.4 Å². The van der Waals surface area contributed by atoms with E-state index in [2.05, 4.69) is 14.6 Å². The Balaban J connectivity index is 1.73. The number of methoxy groups -OCH3 is 1. The van der Waals surface area contributed by atoms with E-state index in [1.54, 1.807) is 31.2 Å². The average molecular weight is 616 g/mol. The number of hydrogen-bond acceptors (Lipinski definition) is 8. The minimum Gasteiger partial charge on any atom is -0.453 e. The maximum atomic E-state index is 13.7. The van der Waals surface area contributed by atoms with Gasteiger partial charge < -0.3 is 24.8 Å². The van der Waals surface area contributed by atoms with Crippen LogP contribution in [0.4, 0.5) is 10.1 Å². The first kappa shape index (κ1) is 33.5. The maximum Gasteiger partial charge on any atom is 0.293 e. The van der Waals surface area contributed by atoms with Gasteiger partial charge in [-0.25, -0.2) is 8.70 Å². The summed E-state index contributed by atoms with van der Waals surface area (Å²) in [6.07, 6.45) is -1.71. The Morgan fingerprint density at radius 3 is 2.43 bits per heavy atom. The molecule has 3 aromatic carbocycles. The molecule has 3 aromatic rings. The second-order valence-corrected chi connectivity index (χ2v) is 11.6. The van der Waals surface area contributed by atoms with Crippen molar-refractivity contribution in [2.45, 2.75) is 43.1 Å². The first-order valence-corrected chi connectivity index (χ1v) is 15.0. The number of carbonyl (C=O) groups excluding carboxylic acids is 2. The molecule has 2 N–H and O–H groups in total. The number of rotatable bonds is 17. The van der Waals surface area contributed by atoms with Crippen LogP contribution in [0.1, 0.15) is 18.1 Å². The Kier molecular flexibility index (Phi) is 13.7. The standard InChI is InChI=1S/C31H39FN3O5PS/c1-4-35(42-25-13-10-23(11-14-25)20-39-3)18-28(37)27(16-22-8-6-5-7-9-22)33-31(38)29(40-21-36)19-34(2)24-12-15-26(32)30(41)17-24/h5-15,17,21,27-29,37H,4,16,18-20,41H2,1-3H3,(H,33,38). The third-order valence-corrected chi connectivity index (χ3v) is 8.27. The highest BCUT2D eigenvalue weighted by Gasteiger charge is 2.29. The van der Waals surface area contributed by atoms with Gasteiger partial charge >= 0.3 is 0 Å². The highest BCUT2D eigenvalue weighted by molar-refractivity contribution is 7.97. The lowest BCUT2D eigenvalue weighted by molar-refractivity contribution is -0.145. The Hall–Kier alpha value is -3.01. The zero-order valence-corrected chi connectivity index (χ0v) is 26.1. The first-order valence-electron chi connectivity index (χ1n) is 13.6. The van der Waals surface area contributed by atoms with E-state index in [0.29, 0.717) is 30.6 Å². The van der Waals surface area contributed by atoms with Crippen LogP contribution in [0.5, 0.6) is 0 Å². The summed E-state index contributed by atoms with van der Waals surface area (Å²) in [7, 11) is 5.71.